The SMILES string of the molecule is C/C=C(\C)CN1CCN(Cc2ccncc2)[C@@H]2CS(=O)(=O)C[C@@H]21. The van der Waals surface area contributed by atoms with Gasteiger partial charge in [-0.1, -0.05) is 11.6 Å². The zero-order valence-corrected chi connectivity index (χ0v) is 14.7. The van der Waals surface area contributed by atoms with Crippen molar-refractivity contribution in [3.05, 3.63) is 41.7 Å². The Morgan fingerprint density at radius 3 is 2.48 bits per heavy atom. The molecule has 2 atom stereocenters. The molecule has 2 aliphatic rings. The lowest BCUT2D eigenvalue weighted by molar-refractivity contribution is 0.0463. The molecule has 5 nitrogen and oxygen atoms in total. The van der Waals surface area contributed by atoms with Gasteiger partial charge in [-0.05, 0) is 31.5 Å². The van der Waals surface area contributed by atoms with E-state index in [1.165, 1.54) is 11.1 Å². The molecule has 0 aromatic carbocycles. The van der Waals surface area contributed by atoms with Gasteiger partial charge >= 0.3 is 0 Å². The van der Waals surface area contributed by atoms with Crippen molar-refractivity contribution in [1.82, 2.24) is 14.8 Å². The number of aromatic nitrogens is 1. The summed E-state index contributed by atoms with van der Waals surface area (Å²) in [5.74, 6) is 0.579. The van der Waals surface area contributed by atoms with Gasteiger partial charge in [0.2, 0.25) is 0 Å². The van der Waals surface area contributed by atoms with Crippen molar-refractivity contribution < 1.29 is 8.42 Å². The summed E-state index contributed by atoms with van der Waals surface area (Å²) in [6, 6.07) is 4.24. The minimum absolute atomic E-state index is 0.103. The van der Waals surface area contributed by atoms with Crippen LogP contribution in [0.1, 0.15) is 19.4 Å². The van der Waals surface area contributed by atoms with Crippen LogP contribution >= 0.6 is 0 Å². The van der Waals surface area contributed by atoms with E-state index in [1.807, 2.05) is 19.1 Å². The van der Waals surface area contributed by atoms with Crippen LogP contribution in [-0.2, 0) is 16.4 Å². The van der Waals surface area contributed by atoms with Crippen molar-refractivity contribution in [2.75, 3.05) is 31.1 Å². The molecule has 0 bridgehead atoms. The van der Waals surface area contributed by atoms with Crippen LogP contribution in [0.5, 0.6) is 0 Å². The predicted octanol–water partition coefficient (Wildman–Crippen LogP) is 1.33. The first-order valence-electron chi connectivity index (χ1n) is 8.18. The molecule has 0 amide bonds. The molecule has 3 rings (SSSR count). The normalized spacial score (nSPS) is 28.7. The molecule has 0 N–H and O–H groups in total. The molecule has 126 valence electrons. The zero-order valence-electron chi connectivity index (χ0n) is 13.9. The first kappa shape index (κ1) is 16.6. The van der Waals surface area contributed by atoms with Crippen LogP contribution in [0, 0.1) is 0 Å². The van der Waals surface area contributed by atoms with Gasteiger partial charge in [0, 0.05) is 50.7 Å². The molecule has 2 saturated heterocycles. The van der Waals surface area contributed by atoms with Gasteiger partial charge in [-0.25, -0.2) is 8.42 Å². The highest BCUT2D eigenvalue weighted by molar-refractivity contribution is 7.91. The Hall–Kier alpha value is -1.24. The van der Waals surface area contributed by atoms with Crippen LogP contribution < -0.4 is 0 Å². The van der Waals surface area contributed by atoms with Crippen molar-refractivity contribution in [3.63, 3.8) is 0 Å². The number of piperazine rings is 1. The molecule has 1 aromatic rings. The van der Waals surface area contributed by atoms with Crippen molar-refractivity contribution >= 4 is 9.84 Å². The molecule has 2 fully saturated rings. The van der Waals surface area contributed by atoms with Crippen molar-refractivity contribution in [1.29, 1.82) is 0 Å². The first-order valence-corrected chi connectivity index (χ1v) is 10.00. The molecule has 2 aliphatic heterocycles. The average Bonchev–Trinajstić information content (AvgIpc) is 2.86. The van der Waals surface area contributed by atoms with E-state index >= 15 is 0 Å². The molecule has 3 heterocycles. The van der Waals surface area contributed by atoms with Crippen LogP contribution in [0.15, 0.2) is 36.2 Å². The van der Waals surface area contributed by atoms with Gasteiger partial charge in [-0.2, -0.15) is 0 Å². The lowest BCUT2D eigenvalue weighted by Crippen LogP contribution is -2.58. The number of hydrogen-bond acceptors (Lipinski definition) is 5. The quantitative estimate of drug-likeness (QED) is 0.777. The monoisotopic (exact) mass is 335 g/mol. The summed E-state index contributed by atoms with van der Waals surface area (Å²) in [7, 11) is -2.94. The highest BCUT2D eigenvalue weighted by Gasteiger charge is 2.46. The summed E-state index contributed by atoms with van der Waals surface area (Å²) in [6.07, 6.45) is 5.70. The van der Waals surface area contributed by atoms with E-state index in [4.69, 9.17) is 0 Å². The number of rotatable bonds is 4. The molecule has 1 aromatic heterocycles. The summed E-state index contributed by atoms with van der Waals surface area (Å²) in [5, 5.41) is 0. The van der Waals surface area contributed by atoms with E-state index in [9.17, 15) is 8.42 Å². The molecular weight excluding hydrogens is 310 g/mol. The number of sulfone groups is 1. The van der Waals surface area contributed by atoms with Crippen LogP contribution in [0.3, 0.4) is 0 Å². The Balaban J connectivity index is 1.78. The lowest BCUT2D eigenvalue weighted by atomic mass is 10.0. The molecule has 0 spiro atoms. The highest BCUT2D eigenvalue weighted by atomic mass is 32.2. The van der Waals surface area contributed by atoms with Gasteiger partial charge in [0.1, 0.15) is 0 Å². The maximum absolute atomic E-state index is 12.2. The van der Waals surface area contributed by atoms with Crippen LogP contribution in [0.4, 0.5) is 0 Å². The second-order valence-corrected chi connectivity index (χ2v) is 8.80. The van der Waals surface area contributed by atoms with Gasteiger partial charge in [0.05, 0.1) is 11.5 Å². The fourth-order valence-electron chi connectivity index (χ4n) is 3.62. The third-order valence-electron chi connectivity index (χ3n) is 4.99. The predicted molar refractivity (Wildman–Crippen MR) is 91.9 cm³/mol. The number of allylic oxidation sites excluding steroid dienone is 1. The molecule has 0 radical (unpaired) electrons. The van der Waals surface area contributed by atoms with E-state index in [0.717, 1.165) is 26.2 Å². The van der Waals surface area contributed by atoms with E-state index in [1.54, 1.807) is 12.4 Å². The summed E-state index contributed by atoms with van der Waals surface area (Å²) in [4.78, 5) is 8.75. The molecular formula is C17H25N3O2S. The van der Waals surface area contributed by atoms with Gasteiger partial charge in [0.15, 0.2) is 9.84 Å². The fourth-order valence-corrected chi connectivity index (χ4v) is 5.67. The van der Waals surface area contributed by atoms with Gasteiger partial charge in [0.25, 0.3) is 0 Å². The maximum atomic E-state index is 12.2. The Morgan fingerprint density at radius 1 is 1.22 bits per heavy atom. The topological polar surface area (TPSA) is 53.5 Å². The first-order chi connectivity index (χ1) is 11.0. The average molecular weight is 335 g/mol. The van der Waals surface area contributed by atoms with Crippen LogP contribution in [0.2, 0.25) is 0 Å². The minimum atomic E-state index is -2.94. The molecule has 0 aliphatic carbocycles. The Bertz CT molecular complexity index is 672. The summed E-state index contributed by atoms with van der Waals surface area (Å²) < 4.78 is 24.4. The Labute approximate surface area is 138 Å². The molecule has 0 unspecified atom stereocenters. The number of nitrogens with zero attached hydrogens (tertiary/aromatic N) is 3. The van der Waals surface area contributed by atoms with Gasteiger partial charge in [-0.15, -0.1) is 0 Å². The van der Waals surface area contributed by atoms with Crippen LogP contribution in [-0.4, -0.2) is 66.4 Å². The van der Waals surface area contributed by atoms with Crippen LogP contribution in [0.25, 0.3) is 0 Å². The number of pyridine rings is 1. The summed E-state index contributed by atoms with van der Waals surface area (Å²) in [6.45, 7) is 7.66. The zero-order chi connectivity index (χ0) is 16.4. The molecule has 0 saturated carbocycles. The largest absolute Gasteiger partial charge is 0.293 e. The van der Waals surface area contributed by atoms with Crippen molar-refractivity contribution in [2.45, 2.75) is 32.5 Å². The summed E-state index contributed by atoms with van der Waals surface area (Å²) >= 11 is 0. The Morgan fingerprint density at radius 2 is 1.83 bits per heavy atom. The summed E-state index contributed by atoms with van der Waals surface area (Å²) in [5.41, 5.74) is 2.50. The van der Waals surface area contributed by atoms with E-state index in [-0.39, 0.29) is 17.8 Å². The molecule has 6 heteroatoms. The minimum Gasteiger partial charge on any atom is -0.293 e. The standard InChI is InChI=1S/C17H25N3O2S/c1-3-14(2)10-19-8-9-20(11-15-4-6-18-7-5-15)17-13-23(21,22)12-16(17)19/h3-7,16-17H,8-13H2,1-2H3/b14-3+/t16-,17+/m0/s1. The highest BCUT2D eigenvalue weighted by Crippen LogP contribution is 2.28. The Kier molecular flexibility index (Phi) is 4.85. The van der Waals surface area contributed by atoms with E-state index < -0.39 is 9.84 Å². The van der Waals surface area contributed by atoms with Crippen molar-refractivity contribution in [3.8, 4) is 0 Å². The van der Waals surface area contributed by atoms with Gasteiger partial charge in [-0.3, -0.25) is 14.8 Å². The van der Waals surface area contributed by atoms with Gasteiger partial charge < -0.3 is 0 Å². The second-order valence-electron chi connectivity index (χ2n) is 6.64. The molecule has 23 heavy (non-hydrogen) atoms. The lowest BCUT2D eigenvalue weighted by Gasteiger charge is -2.44. The van der Waals surface area contributed by atoms with E-state index in [0.29, 0.717) is 5.75 Å². The maximum Gasteiger partial charge on any atom is 0.153 e. The third-order valence-corrected chi connectivity index (χ3v) is 6.69. The number of fused-ring (bicyclic) bond motifs is 1. The smallest absolute Gasteiger partial charge is 0.153 e. The fraction of sp³-hybridized carbons (Fsp3) is 0.588. The van der Waals surface area contributed by atoms with Crippen molar-refractivity contribution in [2.24, 2.45) is 0 Å². The second kappa shape index (κ2) is 6.71. The third kappa shape index (κ3) is 3.82. The van der Waals surface area contributed by atoms with E-state index in [2.05, 4.69) is 27.8 Å². The number of hydrogen-bond donors (Lipinski definition) is 0.